The summed E-state index contributed by atoms with van der Waals surface area (Å²) in [6, 6.07) is 6.96. The lowest BCUT2D eigenvalue weighted by molar-refractivity contribution is 0.626. The van der Waals surface area contributed by atoms with Crippen LogP contribution in [0.2, 0.25) is 0 Å². The van der Waals surface area contributed by atoms with Crippen LogP contribution in [0.1, 0.15) is 19.3 Å². The van der Waals surface area contributed by atoms with E-state index in [0.29, 0.717) is 11.3 Å². The Morgan fingerprint density at radius 2 is 1.93 bits per heavy atom. The van der Waals surface area contributed by atoms with Crippen molar-refractivity contribution in [3.63, 3.8) is 0 Å². The minimum Gasteiger partial charge on any atom is -0.327 e. The van der Waals surface area contributed by atoms with E-state index in [4.69, 9.17) is 5.73 Å². The minimum atomic E-state index is -0.176. The predicted octanol–water partition coefficient (Wildman–Crippen LogP) is 2.80. The van der Waals surface area contributed by atoms with Gasteiger partial charge in [0.25, 0.3) is 0 Å². The highest BCUT2D eigenvalue weighted by Crippen LogP contribution is 2.33. The smallest absolute Gasteiger partial charge is 0.123 e. The zero-order chi connectivity index (χ0) is 9.97. The average Bonchev–Trinajstić information content (AvgIpc) is 2.56. The van der Waals surface area contributed by atoms with Gasteiger partial charge in [0.2, 0.25) is 0 Å². The van der Waals surface area contributed by atoms with Crippen LogP contribution in [0.15, 0.2) is 29.2 Å². The number of benzene rings is 1. The van der Waals surface area contributed by atoms with Gasteiger partial charge in [0.1, 0.15) is 5.82 Å². The number of rotatable bonds is 2. The largest absolute Gasteiger partial charge is 0.327 e. The second kappa shape index (κ2) is 4.32. The van der Waals surface area contributed by atoms with E-state index in [1.165, 1.54) is 25.0 Å². The van der Waals surface area contributed by atoms with E-state index >= 15 is 0 Å². The zero-order valence-corrected chi connectivity index (χ0v) is 8.77. The molecule has 2 atom stereocenters. The number of halogens is 1. The maximum atomic E-state index is 12.6. The molecule has 0 radical (unpaired) electrons. The van der Waals surface area contributed by atoms with Crippen molar-refractivity contribution in [3.8, 4) is 0 Å². The third kappa shape index (κ3) is 2.28. The summed E-state index contributed by atoms with van der Waals surface area (Å²) in [5.41, 5.74) is 5.96. The van der Waals surface area contributed by atoms with Gasteiger partial charge in [0.15, 0.2) is 0 Å². The molecule has 1 aromatic carbocycles. The third-order valence-corrected chi connectivity index (χ3v) is 4.04. The molecular formula is C11H14FNS. The number of hydrogen-bond acceptors (Lipinski definition) is 2. The molecule has 0 heterocycles. The fourth-order valence-corrected chi connectivity index (χ4v) is 3.03. The van der Waals surface area contributed by atoms with Gasteiger partial charge in [-0.2, -0.15) is 0 Å². The van der Waals surface area contributed by atoms with E-state index in [2.05, 4.69) is 0 Å². The van der Waals surface area contributed by atoms with E-state index in [1.54, 1.807) is 11.8 Å². The Labute approximate surface area is 87.9 Å². The molecular weight excluding hydrogens is 197 g/mol. The van der Waals surface area contributed by atoms with Gasteiger partial charge in [0.05, 0.1) is 0 Å². The van der Waals surface area contributed by atoms with Crippen molar-refractivity contribution in [3.05, 3.63) is 30.1 Å². The normalized spacial score (nSPS) is 26.7. The summed E-state index contributed by atoms with van der Waals surface area (Å²) in [6.45, 7) is 0. The van der Waals surface area contributed by atoms with E-state index in [-0.39, 0.29) is 5.82 Å². The van der Waals surface area contributed by atoms with Gasteiger partial charge < -0.3 is 5.73 Å². The van der Waals surface area contributed by atoms with E-state index in [0.717, 1.165) is 11.3 Å². The van der Waals surface area contributed by atoms with Crippen molar-refractivity contribution >= 4 is 11.8 Å². The topological polar surface area (TPSA) is 26.0 Å². The summed E-state index contributed by atoms with van der Waals surface area (Å²) < 4.78 is 12.6. The highest BCUT2D eigenvalue weighted by Gasteiger charge is 2.24. The molecule has 0 amide bonds. The molecule has 1 fully saturated rings. The molecule has 1 nitrogen and oxygen atoms in total. The molecule has 0 spiro atoms. The first-order chi connectivity index (χ1) is 6.75. The molecule has 2 rings (SSSR count). The monoisotopic (exact) mass is 211 g/mol. The van der Waals surface area contributed by atoms with Crippen LogP contribution in [0.3, 0.4) is 0 Å². The average molecular weight is 211 g/mol. The Morgan fingerprint density at radius 3 is 2.50 bits per heavy atom. The predicted molar refractivity (Wildman–Crippen MR) is 57.9 cm³/mol. The molecule has 1 saturated carbocycles. The van der Waals surface area contributed by atoms with Crippen LogP contribution < -0.4 is 5.73 Å². The Bertz CT molecular complexity index is 299. The second-order valence-corrected chi connectivity index (χ2v) is 5.02. The number of nitrogens with two attached hydrogens (primary N) is 1. The highest BCUT2D eigenvalue weighted by molar-refractivity contribution is 8.00. The van der Waals surface area contributed by atoms with E-state index in [9.17, 15) is 4.39 Å². The van der Waals surface area contributed by atoms with Crippen LogP contribution in [-0.2, 0) is 0 Å². The SMILES string of the molecule is NC1CCCC1Sc1ccc(F)cc1. The first-order valence-electron chi connectivity index (χ1n) is 4.93. The Morgan fingerprint density at radius 1 is 1.21 bits per heavy atom. The molecule has 3 heteroatoms. The maximum absolute atomic E-state index is 12.6. The molecule has 0 bridgehead atoms. The van der Waals surface area contributed by atoms with Gasteiger partial charge in [-0.1, -0.05) is 6.42 Å². The van der Waals surface area contributed by atoms with Gasteiger partial charge in [-0.05, 0) is 37.1 Å². The van der Waals surface area contributed by atoms with E-state index < -0.39 is 0 Å². The third-order valence-electron chi connectivity index (χ3n) is 2.60. The van der Waals surface area contributed by atoms with Crippen LogP contribution in [0.5, 0.6) is 0 Å². The quantitative estimate of drug-likeness (QED) is 0.814. The summed E-state index contributed by atoms with van der Waals surface area (Å²) in [7, 11) is 0. The molecule has 1 aliphatic rings. The molecule has 0 aliphatic heterocycles. The van der Waals surface area contributed by atoms with Crippen LogP contribution in [-0.4, -0.2) is 11.3 Å². The number of thioether (sulfide) groups is 1. The van der Waals surface area contributed by atoms with Gasteiger partial charge in [0, 0.05) is 16.2 Å². The molecule has 0 aromatic heterocycles. The first kappa shape index (κ1) is 9.99. The second-order valence-electron chi connectivity index (χ2n) is 3.70. The van der Waals surface area contributed by atoms with Crippen LogP contribution in [0.4, 0.5) is 4.39 Å². The molecule has 2 N–H and O–H groups in total. The maximum Gasteiger partial charge on any atom is 0.123 e. The summed E-state index contributed by atoms with van der Waals surface area (Å²) in [4.78, 5) is 1.12. The minimum absolute atomic E-state index is 0.176. The van der Waals surface area contributed by atoms with Crippen molar-refractivity contribution in [1.29, 1.82) is 0 Å². The fourth-order valence-electron chi connectivity index (χ4n) is 1.79. The zero-order valence-electron chi connectivity index (χ0n) is 7.95. The summed E-state index contributed by atoms with van der Waals surface area (Å²) >= 11 is 1.78. The molecule has 2 unspecified atom stereocenters. The van der Waals surface area contributed by atoms with Crippen molar-refractivity contribution in [2.75, 3.05) is 0 Å². The van der Waals surface area contributed by atoms with Crippen molar-refractivity contribution in [1.82, 2.24) is 0 Å². The lowest BCUT2D eigenvalue weighted by Crippen LogP contribution is -2.26. The number of hydrogen-bond donors (Lipinski definition) is 1. The lowest BCUT2D eigenvalue weighted by Gasteiger charge is -2.14. The lowest BCUT2D eigenvalue weighted by atomic mass is 10.3. The summed E-state index contributed by atoms with van der Waals surface area (Å²) in [5, 5.41) is 0.514. The standard InChI is InChI=1S/C11H14FNS/c12-8-4-6-9(7-5-8)14-11-3-1-2-10(11)13/h4-7,10-11H,1-3,13H2. The summed E-state index contributed by atoms with van der Waals surface area (Å²) in [5.74, 6) is -0.176. The summed E-state index contributed by atoms with van der Waals surface area (Å²) in [6.07, 6.45) is 3.53. The molecule has 14 heavy (non-hydrogen) atoms. The van der Waals surface area contributed by atoms with Gasteiger partial charge >= 0.3 is 0 Å². The molecule has 1 aliphatic carbocycles. The molecule has 76 valence electrons. The van der Waals surface area contributed by atoms with Crippen molar-refractivity contribution in [2.24, 2.45) is 5.73 Å². The highest BCUT2D eigenvalue weighted by atomic mass is 32.2. The van der Waals surface area contributed by atoms with Crippen molar-refractivity contribution in [2.45, 2.75) is 35.4 Å². The Kier molecular flexibility index (Phi) is 3.08. The molecule has 1 aromatic rings. The molecule has 0 saturated heterocycles. The van der Waals surface area contributed by atoms with Gasteiger partial charge in [-0.15, -0.1) is 11.8 Å². The van der Waals surface area contributed by atoms with Crippen LogP contribution in [0, 0.1) is 5.82 Å². The Balaban J connectivity index is 2.00. The van der Waals surface area contributed by atoms with Crippen LogP contribution >= 0.6 is 11.8 Å². The first-order valence-corrected chi connectivity index (χ1v) is 5.81. The van der Waals surface area contributed by atoms with Gasteiger partial charge in [-0.3, -0.25) is 0 Å². The van der Waals surface area contributed by atoms with Gasteiger partial charge in [-0.25, -0.2) is 4.39 Å². The fraction of sp³-hybridized carbons (Fsp3) is 0.455. The Hall–Kier alpha value is -0.540. The van der Waals surface area contributed by atoms with Crippen molar-refractivity contribution < 1.29 is 4.39 Å². The van der Waals surface area contributed by atoms with E-state index in [1.807, 2.05) is 12.1 Å². The van der Waals surface area contributed by atoms with Crippen LogP contribution in [0.25, 0.3) is 0 Å².